The van der Waals surface area contributed by atoms with E-state index in [0.717, 1.165) is 24.5 Å². The Balaban J connectivity index is 2.66. The van der Waals surface area contributed by atoms with E-state index in [1.165, 1.54) is 0 Å². The van der Waals surface area contributed by atoms with Gasteiger partial charge in [-0.25, -0.2) is 0 Å². The van der Waals surface area contributed by atoms with Crippen molar-refractivity contribution >= 4 is 0 Å². The van der Waals surface area contributed by atoms with Crippen LogP contribution in [0.4, 0.5) is 0 Å². The van der Waals surface area contributed by atoms with Crippen molar-refractivity contribution in [3.63, 3.8) is 0 Å². The first kappa shape index (κ1) is 16.8. The van der Waals surface area contributed by atoms with Crippen LogP contribution in [0.5, 0.6) is 11.5 Å². The summed E-state index contributed by atoms with van der Waals surface area (Å²) in [5.41, 5.74) is 0. The molecular formula is C16H27NO3. The third-order valence-corrected chi connectivity index (χ3v) is 2.71. The molecule has 1 atom stereocenters. The highest BCUT2D eigenvalue weighted by Gasteiger charge is 2.13. The highest BCUT2D eigenvalue weighted by molar-refractivity contribution is 5.39. The number of methoxy groups -OCH3 is 1. The van der Waals surface area contributed by atoms with Crippen LogP contribution in [-0.2, 0) is 4.74 Å². The second-order valence-electron chi connectivity index (χ2n) is 5.05. The van der Waals surface area contributed by atoms with E-state index >= 15 is 0 Å². The number of hydrogen-bond acceptors (Lipinski definition) is 4. The van der Waals surface area contributed by atoms with Crippen LogP contribution < -0.4 is 14.8 Å². The van der Waals surface area contributed by atoms with Crippen molar-refractivity contribution in [2.75, 3.05) is 26.9 Å². The smallest absolute Gasteiger partial charge is 0.161 e. The Bertz CT molecular complexity index is 368. The average Bonchev–Trinajstić information content (AvgIpc) is 2.44. The first-order chi connectivity index (χ1) is 9.67. The zero-order valence-corrected chi connectivity index (χ0v) is 13.0. The molecule has 20 heavy (non-hydrogen) atoms. The fourth-order valence-corrected chi connectivity index (χ4v) is 1.75. The summed E-state index contributed by atoms with van der Waals surface area (Å²) in [6, 6.07) is 8.20. The van der Waals surface area contributed by atoms with Gasteiger partial charge < -0.3 is 19.5 Å². The van der Waals surface area contributed by atoms with E-state index < -0.39 is 0 Å². The molecule has 0 aromatic heterocycles. The largest absolute Gasteiger partial charge is 0.490 e. The number of benzene rings is 1. The molecule has 0 radical (unpaired) electrons. The van der Waals surface area contributed by atoms with Crippen molar-refractivity contribution in [3.05, 3.63) is 24.3 Å². The second kappa shape index (κ2) is 9.61. The molecule has 4 heteroatoms. The number of hydrogen-bond donors (Lipinski definition) is 1. The fourth-order valence-electron chi connectivity index (χ4n) is 1.75. The lowest BCUT2D eigenvalue weighted by Crippen LogP contribution is -2.38. The molecule has 0 aliphatic rings. The lowest BCUT2D eigenvalue weighted by molar-refractivity contribution is 0.0768. The van der Waals surface area contributed by atoms with Crippen LogP contribution >= 0.6 is 0 Å². The van der Waals surface area contributed by atoms with Crippen LogP contribution in [0.15, 0.2) is 24.3 Å². The van der Waals surface area contributed by atoms with Gasteiger partial charge in [0.2, 0.25) is 0 Å². The number of rotatable bonds is 10. The number of nitrogens with one attached hydrogen (secondary N) is 1. The van der Waals surface area contributed by atoms with E-state index in [-0.39, 0.29) is 6.10 Å². The van der Waals surface area contributed by atoms with Gasteiger partial charge in [-0.1, -0.05) is 32.9 Å². The molecule has 0 heterocycles. The lowest BCUT2D eigenvalue weighted by atomic mass is 10.3. The van der Waals surface area contributed by atoms with E-state index in [2.05, 4.69) is 26.1 Å². The number of para-hydroxylation sites is 2. The van der Waals surface area contributed by atoms with Gasteiger partial charge in [0.15, 0.2) is 11.5 Å². The zero-order chi connectivity index (χ0) is 14.8. The summed E-state index contributed by atoms with van der Waals surface area (Å²) in [4.78, 5) is 0. The second-order valence-corrected chi connectivity index (χ2v) is 5.05. The average molecular weight is 281 g/mol. The molecule has 114 valence electrons. The Morgan fingerprint density at radius 3 is 2.45 bits per heavy atom. The quantitative estimate of drug-likeness (QED) is 0.716. The summed E-state index contributed by atoms with van der Waals surface area (Å²) in [6.45, 7) is 8.29. The molecule has 1 aromatic carbocycles. The van der Waals surface area contributed by atoms with Gasteiger partial charge in [-0.2, -0.15) is 0 Å². The maximum atomic E-state index is 6.02. The summed E-state index contributed by atoms with van der Waals surface area (Å²) in [6.07, 6.45) is 0.943. The molecule has 1 unspecified atom stereocenters. The van der Waals surface area contributed by atoms with Crippen LogP contribution in [0, 0.1) is 0 Å². The molecule has 0 saturated heterocycles. The van der Waals surface area contributed by atoms with Crippen LogP contribution in [-0.4, -0.2) is 39.0 Å². The summed E-state index contributed by atoms with van der Waals surface area (Å²) < 4.78 is 16.9. The maximum Gasteiger partial charge on any atom is 0.161 e. The SMILES string of the molecule is CCCOc1ccccc1OC(CNC(C)C)COC. The monoisotopic (exact) mass is 281 g/mol. The minimum absolute atomic E-state index is 0.0335. The molecule has 0 amide bonds. The maximum absolute atomic E-state index is 6.02. The Hall–Kier alpha value is -1.26. The summed E-state index contributed by atoms with van der Waals surface area (Å²) in [7, 11) is 1.69. The van der Waals surface area contributed by atoms with Crippen molar-refractivity contribution in [2.24, 2.45) is 0 Å². The summed E-state index contributed by atoms with van der Waals surface area (Å²) >= 11 is 0. The molecular weight excluding hydrogens is 254 g/mol. The van der Waals surface area contributed by atoms with Gasteiger partial charge in [0.05, 0.1) is 13.2 Å². The van der Waals surface area contributed by atoms with Crippen LogP contribution in [0.1, 0.15) is 27.2 Å². The Morgan fingerprint density at radius 1 is 1.15 bits per heavy atom. The molecule has 0 spiro atoms. The molecule has 0 bridgehead atoms. The normalized spacial score (nSPS) is 12.4. The Kier molecular flexibility index (Phi) is 8.07. The summed E-state index contributed by atoms with van der Waals surface area (Å²) in [5, 5.41) is 3.37. The van der Waals surface area contributed by atoms with Gasteiger partial charge in [-0.15, -0.1) is 0 Å². The van der Waals surface area contributed by atoms with Crippen molar-refractivity contribution in [3.8, 4) is 11.5 Å². The van der Waals surface area contributed by atoms with Crippen LogP contribution in [0.25, 0.3) is 0 Å². The first-order valence-corrected chi connectivity index (χ1v) is 7.28. The molecule has 1 rings (SSSR count). The molecule has 0 fully saturated rings. The number of ether oxygens (including phenoxy) is 3. The Morgan fingerprint density at radius 2 is 1.85 bits per heavy atom. The standard InChI is InChI=1S/C16H27NO3/c1-5-10-19-15-8-6-7-9-16(15)20-14(12-18-4)11-17-13(2)3/h6-9,13-14,17H,5,10-12H2,1-4H3. The molecule has 0 aliphatic carbocycles. The fraction of sp³-hybridized carbons (Fsp3) is 0.625. The van der Waals surface area contributed by atoms with E-state index in [4.69, 9.17) is 14.2 Å². The third kappa shape index (κ3) is 6.26. The van der Waals surface area contributed by atoms with Gasteiger partial charge in [0, 0.05) is 19.7 Å². The predicted octanol–water partition coefficient (Wildman–Crippen LogP) is 2.87. The molecule has 0 aliphatic heterocycles. The molecule has 0 saturated carbocycles. The van der Waals surface area contributed by atoms with Crippen molar-refractivity contribution in [2.45, 2.75) is 39.3 Å². The van der Waals surface area contributed by atoms with E-state index in [0.29, 0.717) is 19.3 Å². The topological polar surface area (TPSA) is 39.7 Å². The van der Waals surface area contributed by atoms with Crippen LogP contribution in [0.3, 0.4) is 0 Å². The predicted molar refractivity (Wildman–Crippen MR) is 81.7 cm³/mol. The highest BCUT2D eigenvalue weighted by atomic mass is 16.5. The van der Waals surface area contributed by atoms with E-state index in [1.807, 2.05) is 24.3 Å². The van der Waals surface area contributed by atoms with Crippen molar-refractivity contribution < 1.29 is 14.2 Å². The van der Waals surface area contributed by atoms with Gasteiger partial charge in [-0.05, 0) is 18.6 Å². The minimum Gasteiger partial charge on any atom is -0.490 e. The van der Waals surface area contributed by atoms with Gasteiger partial charge in [0.1, 0.15) is 6.10 Å². The van der Waals surface area contributed by atoms with E-state index in [1.54, 1.807) is 7.11 Å². The van der Waals surface area contributed by atoms with Crippen molar-refractivity contribution in [1.29, 1.82) is 0 Å². The molecule has 4 nitrogen and oxygen atoms in total. The molecule has 1 aromatic rings. The lowest BCUT2D eigenvalue weighted by Gasteiger charge is -2.21. The minimum atomic E-state index is -0.0335. The van der Waals surface area contributed by atoms with Gasteiger partial charge in [-0.3, -0.25) is 0 Å². The first-order valence-electron chi connectivity index (χ1n) is 7.28. The molecule has 1 N–H and O–H groups in total. The van der Waals surface area contributed by atoms with Crippen molar-refractivity contribution in [1.82, 2.24) is 5.32 Å². The Labute approximate surface area is 122 Å². The van der Waals surface area contributed by atoms with Gasteiger partial charge >= 0.3 is 0 Å². The zero-order valence-electron chi connectivity index (χ0n) is 13.0. The highest BCUT2D eigenvalue weighted by Crippen LogP contribution is 2.27. The summed E-state index contributed by atoms with van der Waals surface area (Å²) in [5.74, 6) is 1.56. The van der Waals surface area contributed by atoms with Crippen LogP contribution in [0.2, 0.25) is 0 Å². The van der Waals surface area contributed by atoms with E-state index in [9.17, 15) is 0 Å². The van der Waals surface area contributed by atoms with Gasteiger partial charge in [0.25, 0.3) is 0 Å². The third-order valence-electron chi connectivity index (χ3n) is 2.71.